The van der Waals surface area contributed by atoms with Crippen molar-refractivity contribution >= 4 is 8.80 Å². The molecular weight excluding hydrogens is 287 g/mol. The fourth-order valence-electron chi connectivity index (χ4n) is 2.48. The standard InChI is InChI=1S/C16H36O3Si.FH/c1-5-9-10-11-12-13-14-15-16-20(17-6-2,18-7-3)19-8-4;/h5-16H2,1-4H3;1H. The van der Waals surface area contributed by atoms with E-state index in [1.165, 1.54) is 51.4 Å². The molecule has 0 unspecified atom stereocenters. The highest BCUT2D eigenvalue weighted by atomic mass is 28.4. The first-order valence-electron chi connectivity index (χ1n) is 8.66. The summed E-state index contributed by atoms with van der Waals surface area (Å²) in [5.74, 6) is 0. The Labute approximate surface area is 132 Å². The topological polar surface area (TPSA) is 27.7 Å². The molecule has 0 N–H and O–H groups in total. The molecule has 0 atom stereocenters. The van der Waals surface area contributed by atoms with Gasteiger partial charge in [-0.2, -0.15) is 0 Å². The Kier molecular flexibility index (Phi) is 18.2. The minimum atomic E-state index is -2.38. The van der Waals surface area contributed by atoms with Gasteiger partial charge < -0.3 is 13.3 Å². The van der Waals surface area contributed by atoms with Crippen molar-refractivity contribution in [2.75, 3.05) is 19.8 Å². The van der Waals surface area contributed by atoms with Crippen molar-refractivity contribution in [3.05, 3.63) is 0 Å². The van der Waals surface area contributed by atoms with Gasteiger partial charge in [-0.3, -0.25) is 4.70 Å². The van der Waals surface area contributed by atoms with Gasteiger partial charge in [0.25, 0.3) is 0 Å². The second-order valence-electron chi connectivity index (χ2n) is 5.21. The lowest BCUT2D eigenvalue weighted by atomic mass is 10.1. The van der Waals surface area contributed by atoms with E-state index in [0.29, 0.717) is 19.8 Å². The average Bonchev–Trinajstić information content (AvgIpc) is 2.43. The second-order valence-corrected chi connectivity index (χ2v) is 7.94. The summed E-state index contributed by atoms with van der Waals surface area (Å²) in [5.41, 5.74) is 0. The van der Waals surface area contributed by atoms with Gasteiger partial charge in [0, 0.05) is 25.9 Å². The second kappa shape index (κ2) is 16.4. The van der Waals surface area contributed by atoms with Gasteiger partial charge in [0.15, 0.2) is 0 Å². The SMILES string of the molecule is CCCCCCCCCC[Si](OCC)(OCC)OCC.F. The third-order valence-corrected chi connectivity index (χ3v) is 6.58. The molecule has 130 valence electrons. The molecule has 0 rings (SSSR count). The van der Waals surface area contributed by atoms with Crippen LogP contribution in [0.15, 0.2) is 0 Å². The maximum atomic E-state index is 5.86. The largest absolute Gasteiger partial charge is 0.500 e. The predicted octanol–water partition coefficient (Wildman–Crippen LogP) is 5.33. The van der Waals surface area contributed by atoms with E-state index in [-0.39, 0.29) is 4.70 Å². The van der Waals surface area contributed by atoms with Crippen LogP contribution in [0.4, 0.5) is 4.70 Å². The maximum absolute atomic E-state index is 5.86. The Hall–Kier alpha value is 0.0269. The molecule has 0 aliphatic rings. The first kappa shape index (κ1) is 23.3. The van der Waals surface area contributed by atoms with E-state index in [2.05, 4.69) is 6.92 Å². The Morgan fingerprint density at radius 3 is 1.33 bits per heavy atom. The van der Waals surface area contributed by atoms with Gasteiger partial charge in [-0.1, -0.05) is 51.9 Å². The minimum Gasteiger partial charge on any atom is -0.374 e. The quantitative estimate of drug-likeness (QED) is 0.301. The summed E-state index contributed by atoms with van der Waals surface area (Å²) in [6, 6.07) is 0.970. The maximum Gasteiger partial charge on any atom is 0.500 e. The molecule has 0 bridgehead atoms. The van der Waals surface area contributed by atoms with Crippen LogP contribution in [0.2, 0.25) is 6.04 Å². The van der Waals surface area contributed by atoms with E-state index >= 15 is 0 Å². The summed E-state index contributed by atoms with van der Waals surface area (Å²) in [6.45, 7) is 10.4. The molecule has 0 radical (unpaired) electrons. The van der Waals surface area contributed by atoms with Gasteiger partial charge >= 0.3 is 8.80 Å². The third kappa shape index (κ3) is 12.3. The van der Waals surface area contributed by atoms with Gasteiger partial charge in [0.05, 0.1) is 0 Å². The predicted molar refractivity (Wildman–Crippen MR) is 90.6 cm³/mol. The van der Waals surface area contributed by atoms with Crippen molar-refractivity contribution < 1.29 is 18.0 Å². The number of hydrogen-bond acceptors (Lipinski definition) is 3. The summed E-state index contributed by atoms with van der Waals surface area (Å²) in [6.07, 6.45) is 10.6. The number of hydrogen-bond donors (Lipinski definition) is 0. The van der Waals surface area contributed by atoms with E-state index in [9.17, 15) is 0 Å². The molecule has 0 aromatic rings. The Morgan fingerprint density at radius 1 is 0.571 bits per heavy atom. The molecular formula is C16H37FO3Si. The first-order valence-corrected chi connectivity index (χ1v) is 10.6. The summed E-state index contributed by atoms with van der Waals surface area (Å²) in [7, 11) is -2.38. The molecule has 0 heterocycles. The highest BCUT2D eigenvalue weighted by Crippen LogP contribution is 2.20. The lowest BCUT2D eigenvalue weighted by Crippen LogP contribution is -2.45. The van der Waals surface area contributed by atoms with Crippen LogP contribution >= 0.6 is 0 Å². The number of halogens is 1. The van der Waals surface area contributed by atoms with Crippen LogP contribution < -0.4 is 0 Å². The fourth-order valence-corrected chi connectivity index (χ4v) is 5.16. The Balaban J connectivity index is 0. The van der Waals surface area contributed by atoms with Gasteiger partial charge in [0.2, 0.25) is 0 Å². The highest BCUT2D eigenvalue weighted by Gasteiger charge is 2.39. The molecule has 5 heteroatoms. The van der Waals surface area contributed by atoms with Crippen molar-refractivity contribution in [1.29, 1.82) is 0 Å². The van der Waals surface area contributed by atoms with Crippen LogP contribution in [0.3, 0.4) is 0 Å². The smallest absolute Gasteiger partial charge is 0.374 e. The first-order chi connectivity index (χ1) is 9.74. The van der Waals surface area contributed by atoms with Crippen LogP contribution in [0.1, 0.15) is 79.1 Å². The summed E-state index contributed by atoms with van der Waals surface area (Å²) < 4.78 is 17.6. The van der Waals surface area contributed by atoms with Crippen molar-refractivity contribution in [3.63, 3.8) is 0 Å². The summed E-state index contributed by atoms with van der Waals surface area (Å²) in [4.78, 5) is 0. The van der Waals surface area contributed by atoms with Crippen LogP contribution in [0.5, 0.6) is 0 Å². The summed E-state index contributed by atoms with van der Waals surface area (Å²) >= 11 is 0. The molecule has 0 saturated heterocycles. The molecule has 0 saturated carbocycles. The van der Waals surface area contributed by atoms with Crippen LogP contribution in [-0.2, 0) is 13.3 Å². The molecule has 0 spiro atoms. The van der Waals surface area contributed by atoms with E-state index in [1.807, 2.05) is 20.8 Å². The third-order valence-electron chi connectivity index (χ3n) is 3.43. The van der Waals surface area contributed by atoms with Crippen molar-refractivity contribution in [2.24, 2.45) is 0 Å². The van der Waals surface area contributed by atoms with Gasteiger partial charge in [-0.05, 0) is 27.2 Å². The molecule has 0 aliphatic heterocycles. The van der Waals surface area contributed by atoms with Crippen LogP contribution in [0.25, 0.3) is 0 Å². The van der Waals surface area contributed by atoms with Crippen molar-refractivity contribution in [2.45, 2.75) is 85.1 Å². The summed E-state index contributed by atoms with van der Waals surface area (Å²) in [5, 5.41) is 0. The number of rotatable bonds is 15. The van der Waals surface area contributed by atoms with Crippen molar-refractivity contribution in [3.8, 4) is 0 Å². The van der Waals surface area contributed by atoms with E-state index in [0.717, 1.165) is 6.04 Å². The lowest BCUT2D eigenvalue weighted by Gasteiger charge is -2.28. The Bertz CT molecular complexity index is 189. The molecule has 21 heavy (non-hydrogen) atoms. The van der Waals surface area contributed by atoms with E-state index in [1.54, 1.807) is 0 Å². The minimum absolute atomic E-state index is 0. The molecule has 0 aromatic carbocycles. The molecule has 0 aliphatic carbocycles. The monoisotopic (exact) mass is 324 g/mol. The lowest BCUT2D eigenvalue weighted by molar-refractivity contribution is 0.0706. The van der Waals surface area contributed by atoms with Gasteiger partial charge in [-0.25, -0.2) is 0 Å². The van der Waals surface area contributed by atoms with Gasteiger partial charge in [0.1, 0.15) is 0 Å². The average molecular weight is 325 g/mol. The van der Waals surface area contributed by atoms with E-state index in [4.69, 9.17) is 13.3 Å². The zero-order valence-electron chi connectivity index (χ0n) is 14.6. The highest BCUT2D eigenvalue weighted by molar-refractivity contribution is 6.60. The Morgan fingerprint density at radius 2 is 0.952 bits per heavy atom. The zero-order chi connectivity index (χ0) is 15.1. The molecule has 0 amide bonds. The van der Waals surface area contributed by atoms with Crippen LogP contribution in [-0.4, -0.2) is 28.6 Å². The van der Waals surface area contributed by atoms with Gasteiger partial charge in [-0.15, -0.1) is 0 Å². The molecule has 3 nitrogen and oxygen atoms in total. The van der Waals surface area contributed by atoms with E-state index < -0.39 is 8.80 Å². The normalized spacial score (nSPS) is 11.4. The molecule has 0 aromatic heterocycles. The van der Waals surface area contributed by atoms with Crippen LogP contribution in [0, 0.1) is 0 Å². The number of unbranched alkanes of at least 4 members (excludes halogenated alkanes) is 7. The molecule has 0 fully saturated rings. The fraction of sp³-hybridized carbons (Fsp3) is 1.00. The van der Waals surface area contributed by atoms with Crippen molar-refractivity contribution in [1.82, 2.24) is 0 Å². The zero-order valence-corrected chi connectivity index (χ0v) is 15.6.